The zero-order chi connectivity index (χ0) is 14.7. The fraction of sp³-hybridized carbons (Fsp3) is 0. The van der Waals surface area contributed by atoms with Gasteiger partial charge in [0.15, 0.2) is 0 Å². The number of nitrogens with zero attached hydrogens (tertiary/aromatic N) is 1. The first-order chi connectivity index (χ1) is 9.47. The molecule has 20 heavy (non-hydrogen) atoms. The molecule has 0 aliphatic carbocycles. The third-order valence-electron chi connectivity index (χ3n) is 2.49. The van der Waals surface area contributed by atoms with Crippen LogP contribution in [-0.4, -0.2) is 10.8 Å². The van der Waals surface area contributed by atoms with Crippen LogP contribution in [0.2, 0.25) is 0 Å². The van der Waals surface area contributed by atoms with Gasteiger partial charge in [0.2, 0.25) is 5.82 Å². The Morgan fingerprint density at radius 3 is 2.50 bits per heavy atom. The van der Waals surface area contributed by atoms with Crippen molar-refractivity contribution in [2.75, 3.05) is 5.32 Å². The van der Waals surface area contributed by atoms with Crippen molar-refractivity contribution in [2.24, 2.45) is 0 Å². The Hall–Kier alpha value is -2.83. The summed E-state index contributed by atoms with van der Waals surface area (Å²) in [5.41, 5.74) is -0.613. The maximum Gasteiger partial charge on any atom is 0.304 e. The van der Waals surface area contributed by atoms with Gasteiger partial charge in [0.05, 0.1) is 4.92 Å². The number of nitro groups is 1. The average molecular weight is 278 g/mol. The van der Waals surface area contributed by atoms with Gasteiger partial charge in [-0.15, -0.1) is 0 Å². The minimum absolute atomic E-state index is 0.0997. The Kier molecular flexibility index (Phi) is 3.69. The van der Waals surface area contributed by atoms with Crippen molar-refractivity contribution in [3.8, 4) is 0 Å². The number of carbonyl (C=O) groups excluding carboxylic acids is 1. The number of carbonyl (C=O) groups is 1. The van der Waals surface area contributed by atoms with E-state index in [2.05, 4.69) is 5.32 Å². The molecule has 0 fully saturated rings. The summed E-state index contributed by atoms with van der Waals surface area (Å²) in [5.74, 6) is -2.33. The number of nitro benzene ring substituents is 1. The van der Waals surface area contributed by atoms with Crippen LogP contribution in [0, 0.1) is 21.7 Å². The number of rotatable bonds is 3. The van der Waals surface area contributed by atoms with Gasteiger partial charge in [0, 0.05) is 17.3 Å². The molecule has 7 heteroatoms. The van der Waals surface area contributed by atoms with Crippen molar-refractivity contribution >= 4 is 17.3 Å². The highest BCUT2D eigenvalue weighted by Gasteiger charge is 2.16. The molecule has 1 N–H and O–H groups in total. The van der Waals surface area contributed by atoms with E-state index in [1.807, 2.05) is 0 Å². The topological polar surface area (TPSA) is 72.2 Å². The monoisotopic (exact) mass is 278 g/mol. The van der Waals surface area contributed by atoms with E-state index in [1.54, 1.807) is 0 Å². The first-order valence-electron chi connectivity index (χ1n) is 5.48. The van der Waals surface area contributed by atoms with E-state index in [9.17, 15) is 23.7 Å². The number of hydrogen-bond acceptors (Lipinski definition) is 3. The fourth-order valence-electron chi connectivity index (χ4n) is 1.57. The lowest BCUT2D eigenvalue weighted by Gasteiger charge is -2.05. The van der Waals surface area contributed by atoms with Gasteiger partial charge >= 0.3 is 5.69 Å². The summed E-state index contributed by atoms with van der Waals surface area (Å²) >= 11 is 0. The molecular formula is C13H8F2N2O3. The van der Waals surface area contributed by atoms with Crippen LogP contribution >= 0.6 is 0 Å². The standard InChI is InChI=1S/C13H8F2N2O3/c14-9-2-1-3-10(7-9)16-13(18)8-4-5-12(17(19)20)11(15)6-8/h1-7H,(H,16,18). The van der Waals surface area contributed by atoms with Crippen LogP contribution in [0.25, 0.3) is 0 Å². The van der Waals surface area contributed by atoms with Crippen molar-refractivity contribution in [1.82, 2.24) is 0 Å². The Morgan fingerprint density at radius 1 is 1.15 bits per heavy atom. The smallest absolute Gasteiger partial charge is 0.304 e. The van der Waals surface area contributed by atoms with Crippen molar-refractivity contribution in [2.45, 2.75) is 0 Å². The number of halogens is 2. The predicted molar refractivity (Wildman–Crippen MR) is 67.4 cm³/mol. The number of benzene rings is 2. The second kappa shape index (κ2) is 5.43. The second-order valence-electron chi connectivity index (χ2n) is 3.89. The third-order valence-corrected chi connectivity index (χ3v) is 2.49. The van der Waals surface area contributed by atoms with E-state index in [-0.39, 0.29) is 11.3 Å². The Labute approximate surface area is 112 Å². The Balaban J connectivity index is 2.22. The molecule has 2 aromatic rings. The number of hydrogen-bond donors (Lipinski definition) is 1. The maximum atomic E-state index is 13.4. The lowest BCUT2D eigenvalue weighted by molar-refractivity contribution is -0.387. The molecule has 0 saturated heterocycles. The summed E-state index contributed by atoms with van der Waals surface area (Å²) in [6.45, 7) is 0. The molecule has 2 rings (SSSR count). The molecule has 0 unspecified atom stereocenters. The molecule has 0 saturated carbocycles. The van der Waals surface area contributed by atoms with Crippen LogP contribution in [-0.2, 0) is 0 Å². The molecule has 1 amide bonds. The summed E-state index contributed by atoms with van der Waals surface area (Å²) in [6.07, 6.45) is 0. The van der Waals surface area contributed by atoms with Crippen LogP contribution in [0.1, 0.15) is 10.4 Å². The second-order valence-corrected chi connectivity index (χ2v) is 3.89. The van der Waals surface area contributed by atoms with E-state index < -0.39 is 28.2 Å². The molecule has 0 spiro atoms. The highest BCUT2D eigenvalue weighted by atomic mass is 19.1. The highest BCUT2D eigenvalue weighted by molar-refractivity contribution is 6.04. The van der Waals surface area contributed by atoms with Gasteiger partial charge in [-0.3, -0.25) is 14.9 Å². The average Bonchev–Trinajstić information content (AvgIpc) is 2.38. The van der Waals surface area contributed by atoms with E-state index in [0.29, 0.717) is 0 Å². The molecule has 5 nitrogen and oxygen atoms in total. The molecule has 0 aliphatic rings. The number of anilines is 1. The van der Waals surface area contributed by atoms with E-state index >= 15 is 0 Å². The maximum absolute atomic E-state index is 13.4. The summed E-state index contributed by atoms with van der Waals surface area (Å²) in [5, 5.41) is 12.8. The normalized spacial score (nSPS) is 10.1. The number of nitrogens with one attached hydrogen (secondary N) is 1. The predicted octanol–water partition coefficient (Wildman–Crippen LogP) is 3.13. The summed E-state index contributed by atoms with van der Waals surface area (Å²) in [4.78, 5) is 21.4. The minimum atomic E-state index is -1.11. The lowest BCUT2D eigenvalue weighted by Crippen LogP contribution is -2.12. The lowest BCUT2D eigenvalue weighted by atomic mass is 10.2. The quantitative estimate of drug-likeness (QED) is 0.692. The fourth-order valence-corrected chi connectivity index (χ4v) is 1.57. The van der Waals surface area contributed by atoms with Gasteiger partial charge in [-0.1, -0.05) is 6.07 Å². The minimum Gasteiger partial charge on any atom is -0.322 e. The molecule has 0 heterocycles. The molecule has 0 aliphatic heterocycles. The molecular weight excluding hydrogens is 270 g/mol. The van der Waals surface area contributed by atoms with Crippen molar-refractivity contribution < 1.29 is 18.5 Å². The third kappa shape index (κ3) is 2.94. The Bertz CT molecular complexity index is 689. The molecule has 0 radical (unpaired) electrons. The van der Waals surface area contributed by atoms with Crippen molar-refractivity contribution in [3.05, 3.63) is 69.8 Å². The molecule has 102 valence electrons. The SMILES string of the molecule is O=C(Nc1cccc(F)c1)c1ccc([N+](=O)[O-])c(F)c1. The zero-order valence-electron chi connectivity index (χ0n) is 9.97. The van der Waals surface area contributed by atoms with Gasteiger partial charge in [-0.25, -0.2) is 4.39 Å². The van der Waals surface area contributed by atoms with Crippen molar-refractivity contribution in [1.29, 1.82) is 0 Å². The highest BCUT2D eigenvalue weighted by Crippen LogP contribution is 2.19. The van der Waals surface area contributed by atoms with E-state index in [4.69, 9.17) is 0 Å². The van der Waals surface area contributed by atoms with Crippen LogP contribution < -0.4 is 5.32 Å². The molecule has 2 aromatic carbocycles. The zero-order valence-corrected chi connectivity index (χ0v) is 9.97. The summed E-state index contributed by atoms with van der Waals surface area (Å²) in [6, 6.07) is 7.95. The molecule has 0 bridgehead atoms. The van der Waals surface area contributed by atoms with E-state index in [1.165, 1.54) is 18.2 Å². The Morgan fingerprint density at radius 2 is 1.90 bits per heavy atom. The summed E-state index contributed by atoms with van der Waals surface area (Å²) in [7, 11) is 0. The summed E-state index contributed by atoms with van der Waals surface area (Å²) < 4.78 is 26.3. The van der Waals surface area contributed by atoms with Crippen LogP contribution in [0.15, 0.2) is 42.5 Å². The van der Waals surface area contributed by atoms with E-state index in [0.717, 1.165) is 24.3 Å². The molecule has 0 atom stereocenters. The van der Waals surface area contributed by atoms with Gasteiger partial charge < -0.3 is 5.32 Å². The number of amides is 1. The van der Waals surface area contributed by atoms with Crippen LogP contribution in [0.3, 0.4) is 0 Å². The van der Waals surface area contributed by atoms with Gasteiger partial charge in [0.25, 0.3) is 5.91 Å². The van der Waals surface area contributed by atoms with Gasteiger partial charge in [0.1, 0.15) is 5.82 Å². The van der Waals surface area contributed by atoms with Gasteiger partial charge in [-0.2, -0.15) is 4.39 Å². The van der Waals surface area contributed by atoms with Gasteiger partial charge in [-0.05, 0) is 30.3 Å². The van der Waals surface area contributed by atoms with Crippen LogP contribution in [0.5, 0.6) is 0 Å². The largest absolute Gasteiger partial charge is 0.322 e. The van der Waals surface area contributed by atoms with Crippen LogP contribution in [0.4, 0.5) is 20.2 Å². The molecule has 0 aromatic heterocycles. The van der Waals surface area contributed by atoms with Crippen molar-refractivity contribution in [3.63, 3.8) is 0 Å². The first kappa shape index (κ1) is 13.6. The first-order valence-corrected chi connectivity index (χ1v) is 5.48.